The molecule has 0 aromatic heterocycles. The van der Waals surface area contributed by atoms with Gasteiger partial charge >= 0.3 is 0 Å². The van der Waals surface area contributed by atoms with Gasteiger partial charge in [0, 0.05) is 18.3 Å². The molecule has 2 nitrogen and oxygen atoms in total. The molecule has 0 bridgehead atoms. The maximum atomic E-state index is 3.42. The Bertz CT molecular complexity index is 324. The minimum absolute atomic E-state index is 0.460. The van der Waals surface area contributed by atoms with Crippen molar-refractivity contribution in [2.75, 3.05) is 39.2 Å². The van der Waals surface area contributed by atoms with Gasteiger partial charge in [0.1, 0.15) is 0 Å². The van der Waals surface area contributed by atoms with Gasteiger partial charge in [0.2, 0.25) is 0 Å². The van der Waals surface area contributed by atoms with E-state index < -0.39 is 0 Å². The molecular formula is C15H26N2S. The topological polar surface area (TPSA) is 15.3 Å². The SMILES string of the molecule is CNC(CCN(C)CCSC)c1ccc(C)cc1. The van der Waals surface area contributed by atoms with Crippen LogP contribution in [0.25, 0.3) is 0 Å². The van der Waals surface area contributed by atoms with Crippen LogP contribution in [0.1, 0.15) is 23.6 Å². The number of nitrogens with zero attached hydrogens (tertiary/aromatic N) is 1. The molecule has 1 N–H and O–H groups in total. The van der Waals surface area contributed by atoms with Gasteiger partial charge in [-0.05, 0) is 45.8 Å². The van der Waals surface area contributed by atoms with Crippen molar-refractivity contribution >= 4 is 11.8 Å². The van der Waals surface area contributed by atoms with Crippen molar-refractivity contribution in [1.29, 1.82) is 0 Å². The average molecular weight is 266 g/mol. The van der Waals surface area contributed by atoms with E-state index in [-0.39, 0.29) is 0 Å². The van der Waals surface area contributed by atoms with Crippen LogP contribution in [-0.2, 0) is 0 Å². The monoisotopic (exact) mass is 266 g/mol. The summed E-state index contributed by atoms with van der Waals surface area (Å²) < 4.78 is 0. The first kappa shape index (κ1) is 15.5. The fraction of sp³-hybridized carbons (Fsp3) is 0.600. The van der Waals surface area contributed by atoms with Crippen molar-refractivity contribution in [2.45, 2.75) is 19.4 Å². The second-order valence-corrected chi connectivity index (χ2v) is 5.82. The number of rotatable bonds is 8. The Morgan fingerprint density at radius 2 is 1.89 bits per heavy atom. The van der Waals surface area contributed by atoms with E-state index in [2.05, 4.69) is 54.7 Å². The smallest absolute Gasteiger partial charge is 0.0329 e. The minimum Gasteiger partial charge on any atom is -0.313 e. The van der Waals surface area contributed by atoms with Crippen LogP contribution in [0.2, 0.25) is 0 Å². The standard InChI is InChI=1S/C15H26N2S/c1-13-5-7-14(8-6-13)15(16-2)9-10-17(3)11-12-18-4/h5-8,15-16H,9-12H2,1-4H3. The van der Waals surface area contributed by atoms with Gasteiger partial charge in [-0.25, -0.2) is 0 Å². The Kier molecular flexibility index (Phi) is 7.40. The lowest BCUT2D eigenvalue weighted by Gasteiger charge is -2.21. The number of nitrogens with one attached hydrogen (secondary N) is 1. The highest BCUT2D eigenvalue weighted by molar-refractivity contribution is 7.98. The summed E-state index contributed by atoms with van der Waals surface area (Å²) in [7, 11) is 4.25. The summed E-state index contributed by atoms with van der Waals surface area (Å²) >= 11 is 1.91. The highest BCUT2D eigenvalue weighted by Gasteiger charge is 2.09. The van der Waals surface area contributed by atoms with Crippen LogP contribution in [0, 0.1) is 6.92 Å². The molecule has 0 saturated heterocycles. The number of benzene rings is 1. The third kappa shape index (κ3) is 5.42. The van der Waals surface area contributed by atoms with E-state index in [9.17, 15) is 0 Å². The van der Waals surface area contributed by atoms with E-state index >= 15 is 0 Å². The summed E-state index contributed by atoms with van der Waals surface area (Å²) in [6.45, 7) is 4.44. The van der Waals surface area contributed by atoms with Crippen molar-refractivity contribution in [3.63, 3.8) is 0 Å². The molecule has 1 aromatic carbocycles. The summed E-state index contributed by atoms with van der Waals surface area (Å²) in [4.78, 5) is 2.41. The van der Waals surface area contributed by atoms with Gasteiger partial charge in [0.25, 0.3) is 0 Å². The fourth-order valence-corrected chi connectivity index (χ4v) is 2.48. The molecular weight excluding hydrogens is 240 g/mol. The first-order valence-electron chi connectivity index (χ1n) is 6.58. The van der Waals surface area contributed by atoms with Crippen molar-refractivity contribution < 1.29 is 0 Å². The average Bonchev–Trinajstić information content (AvgIpc) is 2.39. The number of aryl methyl sites for hydroxylation is 1. The van der Waals surface area contributed by atoms with Crippen LogP contribution in [0.4, 0.5) is 0 Å². The molecule has 0 heterocycles. The Hall–Kier alpha value is -0.510. The number of thioether (sulfide) groups is 1. The summed E-state index contributed by atoms with van der Waals surface area (Å²) in [5.74, 6) is 1.21. The van der Waals surface area contributed by atoms with E-state index in [0.717, 1.165) is 13.0 Å². The van der Waals surface area contributed by atoms with Crippen LogP contribution in [0.15, 0.2) is 24.3 Å². The van der Waals surface area contributed by atoms with Crippen molar-refractivity contribution in [2.24, 2.45) is 0 Å². The van der Waals surface area contributed by atoms with E-state index in [1.54, 1.807) is 0 Å². The van der Waals surface area contributed by atoms with Gasteiger partial charge < -0.3 is 10.2 Å². The lowest BCUT2D eigenvalue weighted by atomic mass is 10.0. The quantitative estimate of drug-likeness (QED) is 0.779. The Morgan fingerprint density at radius 3 is 2.44 bits per heavy atom. The van der Waals surface area contributed by atoms with Gasteiger partial charge in [-0.1, -0.05) is 29.8 Å². The maximum Gasteiger partial charge on any atom is 0.0329 e. The normalized spacial score (nSPS) is 12.9. The summed E-state index contributed by atoms with van der Waals surface area (Å²) in [5, 5.41) is 3.42. The molecule has 1 unspecified atom stereocenters. The highest BCUT2D eigenvalue weighted by atomic mass is 32.2. The molecule has 0 fully saturated rings. The molecule has 102 valence electrons. The third-order valence-electron chi connectivity index (χ3n) is 3.30. The predicted molar refractivity (Wildman–Crippen MR) is 83.5 cm³/mol. The Morgan fingerprint density at radius 1 is 1.22 bits per heavy atom. The first-order valence-corrected chi connectivity index (χ1v) is 7.98. The fourth-order valence-electron chi connectivity index (χ4n) is 1.98. The van der Waals surface area contributed by atoms with Crippen LogP contribution >= 0.6 is 11.8 Å². The highest BCUT2D eigenvalue weighted by Crippen LogP contribution is 2.17. The largest absolute Gasteiger partial charge is 0.313 e. The molecule has 0 saturated carbocycles. The molecule has 0 spiro atoms. The summed E-state index contributed by atoms with van der Waals surface area (Å²) in [5.41, 5.74) is 2.71. The molecule has 0 aliphatic carbocycles. The molecule has 18 heavy (non-hydrogen) atoms. The second kappa shape index (κ2) is 8.57. The second-order valence-electron chi connectivity index (χ2n) is 4.84. The molecule has 1 atom stereocenters. The lowest BCUT2D eigenvalue weighted by molar-refractivity contribution is 0.328. The van der Waals surface area contributed by atoms with Gasteiger partial charge in [-0.2, -0.15) is 11.8 Å². The lowest BCUT2D eigenvalue weighted by Crippen LogP contribution is -2.27. The summed E-state index contributed by atoms with van der Waals surface area (Å²) in [6.07, 6.45) is 3.32. The zero-order valence-corrected chi connectivity index (χ0v) is 12.9. The van der Waals surface area contributed by atoms with Crippen molar-refractivity contribution in [3.05, 3.63) is 35.4 Å². The molecule has 0 aliphatic heterocycles. The van der Waals surface area contributed by atoms with Crippen LogP contribution in [-0.4, -0.2) is 44.1 Å². The Balaban J connectivity index is 2.44. The van der Waals surface area contributed by atoms with E-state index in [1.165, 1.54) is 23.4 Å². The van der Waals surface area contributed by atoms with Gasteiger partial charge in [0.15, 0.2) is 0 Å². The zero-order chi connectivity index (χ0) is 13.4. The molecule has 3 heteroatoms. The molecule has 0 radical (unpaired) electrons. The number of hydrogen-bond donors (Lipinski definition) is 1. The van der Waals surface area contributed by atoms with Gasteiger partial charge in [-0.15, -0.1) is 0 Å². The molecule has 0 aliphatic rings. The van der Waals surface area contributed by atoms with E-state index in [0.29, 0.717) is 6.04 Å². The van der Waals surface area contributed by atoms with Crippen LogP contribution in [0.5, 0.6) is 0 Å². The van der Waals surface area contributed by atoms with E-state index in [1.807, 2.05) is 18.8 Å². The summed E-state index contributed by atoms with van der Waals surface area (Å²) in [6, 6.07) is 9.31. The molecule has 1 rings (SSSR count). The third-order valence-corrected chi connectivity index (χ3v) is 3.90. The number of hydrogen-bond acceptors (Lipinski definition) is 3. The minimum atomic E-state index is 0.460. The van der Waals surface area contributed by atoms with E-state index in [4.69, 9.17) is 0 Å². The van der Waals surface area contributed by atoms with Crippen LogP contribution < -0.4 is 5.32 Å². The van der Waals surface area contributed by atoms with Crippen molar-refractivity contribution in [3.8, 4) is 0 Å². The maximum absolute atomic E-state index is 3.42. The van der Waals surface area contributed by atoms with Gasteiger partial charge in [0.05, 0.1) is 0 Å². The predicted octanol–water partition coefficient (Wildman–Crippen LogP) is 2.94. The van der Waals surface area contributed by atoms with Crippen molar-refractivity contribution in [1.82, 2.24) is 10.2 Å². The van der Waals surface area contributed by atoms with Gasteiger partial charge in [-0.3, -0.25) is 0 Å². The molecule has 1 aromatic rings. The Labute approximate surface area is 116 Å². The van der Waals surface area contributed by atoms with Crippen LogP contribution in [0.3, 0.4) is 0 Å². The molecule has 0 amide bonds. The zero-order valence-electron chi connectivity index (χ0n) is 12.1. The first-order chi connectivity index (χ1) is 8.67.